The van der Waals surface area contributed by atoms with Gasteiger partial charge in [-0.3, -0.25) is 4.79 Å². The summed E-state index contributed by atoms with van der Waals surface area (Å²) in [5.74, 6) is 1.00. The number of para-hydroxylation sites is 1. The second kappa shape index (κ2) is 10.1. The van der Waals surface area contributed by atoms with Gasteiger partial charge < -0.3 is 26.4 Å². The molecule has 5 nitrogen and oxygen atoms in total. The summed E-state index contributed by atoms with van der Waals surface area (Å²) in [4.78, 5) is 26.3. The molecule has 2 bridgehead atoms. The summed E-state index contributed by atoms with van der Waals surface area (Å²) < 4.78 is 12.2. The Morgan fingerprint density at radius 2 is 1.67 bits per heavy atom. The number of ketones is 1. The van der Waals surface area contributed by atoms with Gasteiger partial charge in [0.05, 0.1) is 18.0 Å². The van der Waals surface area contributed by atoms with Crippen molar-refractivity contribution in [2.75, 3.05) is 26.2 Å². The number of hydrogen-bond donors (Lipinski definition) is 0. The number of benzene rings is 2. The van der Waals surface area contributed by atoms with Crippen molar-refractivity contribution >= 4 is 23.3 Å². The highest BCUT2D eigenvalue weighted by Gasteiger charge is 2.48. The highest BCUT2D eigenvalue weighted by atomic mass is 35.5. The van der Waals surface area contributed by atoms with Crippen LogP contribution < -0.4 is 17.1 Å². The molecule has 0 aliphatic carbocycles. The summed E-state index contributed by atoms with van der Waals surface area (Å²) in [7, 11) is 0. The zero-order chi connectivity index (χ0) is 22.0. The molecule has 0 radical (unpaired) electrons. The number of ether oxygens (including phenoxy) is 2. The van der Waals surface area contributed by atoms with Crippen LogP contribution in [0.15, 0.2) is 72.1 Å². The topological polar surface area (TPSA) is 52.6 Å². The Morgan fingerprint density at radius 1 is 0.939 bits per heavy atom. The number of piperidine rings is 3. The number of Topliss-reactive ketones (excluding diaryl/α,β-unsaturated/α-hetero) is 1. The summed E-state index contributed by atoms with van der Waals surface area (Å²) in [5, 5.41) is 1.94. The fourth-order valence-corrected chi connectivity index (χ4v) is 5.70. The Bertz CT molecular complexity index is 1090. The van der Waals surface area contributed by atoms with Crippen molar-refractivity contribution in [3.63, 3.8) is 0 Å². The first-order valence-corrected chi connectivity index (χ1v) is 11.9. The van der Waals surface area contributed by atoms with E-state index in [-0.39, 0.29) is 24.3 Å². The zero-order valence-electron chi connectivity index (χ0n) is 18.2. The van der Waals surface area contributed by atoms with Crippen molar-refractivity contribution in [3.05, 3.63) is 77.0 Å². The molecule has 0 N–H and O–H groups in total. The van der Waals surface area contributed by atoms with Crippen LogP contribution in [0.5, 0.6) is 5.75 Å². The van der Waals surface area contributed by atoms with Gasteiger partial charge in [-0.2, -0.15) is 0 Å². The predicted molar refractivity (Wildman–Crippen MR) is 124 cm³/mol. The molecule has 172 valence electrons. The first kappa shape index (κ1) is 23.5. The second-order valence-corrected chi connectivity index (χ2v) is 9.69. The van der Waals surface area contributed by atoms with Crippen LogP contribution in [0.25, 0.3) is 11.1 Å². The lowest BCUT2D eigenvalue weighted by Gasteiger charge is -2.51. The molecule has 3 fully saturated rings. The van der Waals surface area contributed by atoms with E-state index >= 15 is 0 Å². The lowest BCUT2D eigenvalue weighted by molar-refractivity contribution is -0.938. The molecule has 3 aliphatic heterocycles. The SMILES string of the molecule is O=C(Oc1ccccc1-c1ccccc1)O[C@H]1C[N+]2(CC(=O)c3cccs3)CCC1CC2.[Cl-]. The van der Waals surface area contributed by atoms with Crippen molar-refractivity contribution in [3.8, 4) is 16.9 Å². The molecule has 0 spiro atoms. The molecule has 3 saturated heterocycles. The van der Waals surface area contributed by atoms with Gasteiger partial charge >= 0.3 is 6.16 Å². The smallest absolute Gasteiger partial charge is 0.514 e. The molecule has 33 heavy (non-hydrogen) atoms. The van der Waals surface area contributed by atoms with Crippen molar-refractivity contribution < 1.29 is 36.0 Å². The Balaban J connectivity index is 0.00000259. The molecule has 0 amide bonds. The lowest BCUT2D eigenvalue weighted by atomic mass is 9.83. The fourth-order valence-electron chi connectivity index (χ4n) is 5.05. The number of nitrogens with zero attached hydrogens (tertiary/aromatic N) is 1. The van der Waals surface area contributed by atoms with E-state index in [0.29, 0.717) is 29.2 Å². The van der Waals surface area contributed by atoms with Gasteiger partial charge in [0.2, 0.25) is 5.78 Å². The molecule has 1 atom stereocenters. The fraction of sp³-hybridized carbons (Fsp3) is 0.308. The first-order chi connectivity index (χ1) is 15.6. The maximum Gasteiger partial charge on any atom is 0.514 e. The average Bonchev–Trinajstić information content (AvgIpc) is 3.36. The van der Waals surface area contributed by atoms with Crippen molar-refractivity contribution in [2.24, 2.45) is 5.92 Å². The van der Waals surface area contributed by atoms with Crippen LogP contribution in [0, 0.1) is 5.92 Å². The number of quaternary nitrogens is 1. The van der Waals surface area contributed by atoms with E-state index in [4.69, 9.17) is 9.47 Å². The Morgan fingerprint density at radius 3 is 2.39 bits per heavy atom. The maximum absolute atomic E-state index is 12.8. The minimum absolute atomic E-state index is 0. The van der Waals surface area contributed by atoms with Crippen LogP contribution >= 0.6 is 11.3 Å². The van der Waals surface area contributed by atoms with Crippen LogP contribution in [-0.2, 0) is 4.74 Å². The van der Waals surface area contributed by atoms with E-state index in [1.54, 1.807) is 6.07 Å². The molecule has 2 aromatic carbocycles. The van der Waals surface area contributed by atoms with Gasteiger partial charge in [0, 0.05) is 24.3 Å². The van der Waals surface area contributed by atoms with E-state index in [1.165, 1.54) is 11.3 Å². The highest BCUT2D eigenvalue weighted by molar-refractivity contribution is 7.12. The number of rotatable bonds is 6. The van der Waals surface area contributed by atoms with Crippen LogP contribution in [0.1, 0.15) is 22.5 Å². The van der Waals surface area contributed by atoms with E-state index in [9.17, 15) is 9.59 Å². The molecule has 7 heteroatoms. The van der Waals surface area contributed by atoms with Gasteiger partial charge in [-0.1, -0.05) is 54.6 Å². The predicted octanol–water partition coefficient (Wildman–Crippen LogP) is 2.43. The minimum atomic E-state index is -0.671. The molecule has 3 aliphatic rings. The Hall–Kier alpha value is -2.67. The third-order valence-corrected chi connectivity index (χ3v) is 7.64. The van der Waals surface area contributed by atoms with Gasteiger partial charge in [0.15, 0.2) is 6.10 Å². The highest BCUT2D eigenvalue weighted by Crippen LogP contribution is 2.36. The van der Waals surface area contributed by atoms with E-state index < -0.39 is 6.16 Å². The Kier molecular flexibility index (Phi) is 7.17. The normalized spacial score (nSPS) is 23.4. The minimum Gasteiger partial charge on any atom is -1.00 e. The third kappa shape index (κ3) is 5.13. The second-order valence-electron chi connectivity index (χ2n) is 8.74. The van der Waals surface area contributed by atoms with Crippen LogP contribution in [0.4, 0.5) is 4.79 Å². The van der Waals surface area contributed by atoms with Crippen LogP contribution in [-0.4, -0.2) is 48.7 Å². The zero-order valence-corrected chi connectivity index (χ0v) is 19.8. The van der Waals surface area contributed by atoms with Crippen LogP contribution in [0.3, 0.4) is 0 Å². The number of carbonyl (C=O) groups excluding carboxylic acids is 2. The number of hydrogen-bond acceptors (Lipinski definition) is 5. The number of fused-ring (bicyclic) bond motifs is 3. The maximum atomic E-state index is 12.8. The van der Waals surface area contributed by atoms with E-state index in [2.05, 4.69) is 0 Å². The van der Waals surface area contributed by atoms with Crippen molar-refractivity contribution in [1.82, 2.24) is 0 Å². The van der Waals surface area contributed by atoms with Gasteiger partial charge in [-0.05, 0) is 23.1 Å². The van der Waals surface area contributed by atoms with E-state index in [1.807, 2.05) is 66.0 Å². The van der Waals surface area contributed by atoms with Crippen molar-refractivity contribution in [2.45, 2.75) is 18.9 Å². The largest absolute Gasteiger partial charge is 1.00 e. The van der Waals surface area contributed by atoms with Gasteiger partial charge in [0.1, 0.15) is 18.8 Å². The van der Waals surface area contributed by atoms with Crippen molar-refractivity contribution in [1.29, 1.82) is 0 Å². The molecular formula is C26H26ClNO4S. The van der Waals surface area contributed by atoms with Crippen LogP contribution in [0.2, 0.25) is 0 Å². The molecule has 0 unspecified atom stereocenters. The lowest BCUT2D eigenvalue weighted by Crippen LogP contribution is -3.00. The Labute approximate surface area is 203 Å². The average molecular weight is 484 g/mol. The summed E-state index contributed by atoms with van der Waals surface area (Å²) in [6, 6.07) is 21.1. The number of thiophene rings is 1. The summed E-state index contributed by atoms with van der Waals surface area (Å²) in [6.07, 6.45) is 1.05. The number of halogens is 1. The van der Waals surface area contributed by atoms with Gasteiger partial charge in [0.25, 0.3) is 0 Å². The third-order valence-electron chi connectivity index (χ3n) is 6.73. The monoisotopic (exact) mass is 483 g/mol. The van der Waals surface area contributed by atoms with Gasteiger partial charge in [-0.25, -0.2) is 4.79 Å². The quantitative estimate of drug-likeness (QED) is 0.234. The summed E-state index contributed by atoms with van der Waals surface area (Å²) in [6.45, 7) is 3.08. The number of carbonyl (C=O) groups is 2. The van der Waals surface area contributed by atoms with E-state index in [0.717, 1.165) is 41.9 Å². The molecule has 0 saturated carbocycles. The van der Waals surface area contributed by atoms with Gasteiger partial charge in [-0.15, -0.1) is 11.3 Å². The molecule has 3 aromatic rings. The molecular weight excluding hydrogens is 458 g/mol. The molecule has 1 aromatic heterocycles. The summed E-state index contributed by atoms with van der Waals surface area (Å²) >= 11 is 1.49. The molecule has 6 rings (SSSR count). The first-order valence-electron chi connectivity index (χ1n) is 11.1. The molecule has 4 heterocycles. The standard InChI is InChI=1S/C26H26NO4S.ClH/c28-22(25-11-6-16-32-25)17-27-14-12-20(13-15-27)24(18-27)31-26(29)30-23-10-5-4-9-21(23)19-7-2-1-3-8-19;/h1-11,16,20,24H,12-15,17-18H2;1H/q+1;/p-1/t20?,24-,27?;/m0./s1. The summed E-state index contributed by atoms with van der Waals surface area (Å²) in [5.41, 5.74) is 1.83.